The van der Waals surface area contributed by atoms with Gasteiger partial charge in [0.25, 0.3) is 0 Å². The molecule has 1 amide bonds. The molecule has 7 atom stereocenters. The van der Waals surface area contributed by atoms with Crippen LogP contribution in [0.1, 0.15) is 34.6 Å². The predicted octanol–water partition coefficient (Wildman–Crippen LogP) is -2.61. The summed E-state index contributed by atoms with van der Waals surface area (Å²) in [6.45, 7) is 7.07. The molecule has 10 N–H and O–H groups in total. The number of aliphatic hydroxyl groups is 3. The maximum Gasteiger partial charge on any atom is 0.376 e. The summed E-state index contributed by atoms with van der Waals surface area (Å²) in [6.07, 6.45) is -5.10. The lowest BCUT2D eigenvalue weighted by Crippen LogP contribution is -2.64. The van der Waals surface area contributed by atoms with Crippen LogP contribution in [0.5, 0.6) is 0 Å². The van der Waals surface area contributed by atoms with Gasteiger partial charge < -0.3 is 51.6 Å². The van der Waals surface area contributed by atoms with Crippen LogP contribution in [0.2, 0.25) is 0 Å². The third kappa shape index (κ3) is 8.65. The van der Waals surface area contributed by atoms with Crippen molar-refractivity contribution in [2.75, 3.05) is 6.61 Å². The van der Waals surface area contributed by atoms with Crippen molar-refractivity contribution in [2.45, 2.75) is 77.3 Å². The minimum atomic E-state index is -1.77. The van der Waals surface area contributed by atoms with Gasteiger partial charge in [0.15, 0.2) is 5.96 Å². The molecule has 0 fully saturated rings. The van der Waals surface area contributed by atoms with Gasteiger partial charge in [-0.25, -0.2) is 4.79 Å². The molecule has 1 rings (SSSR count). The number of carbonyl (C=O) groups excluding carboxylic acids is 3. The first kappa shape index (κ1) is 30.1. The van der Waals surface area contributed by atoms with E-state index in [0.29, 0.717) is 0 Å². The number of carbonyl (C=O) groups is 3. The number of ether oxygens (including phenoxy) is 3. The molecule has 0 saturated carbocycles. The van der Waals surface area contributed by atoms with E-state index in [-0.39, 0.29) is 5.92 Å². The van der Waals surface area contributed by atoms with Crippen LogP contribution in [-0.2, 0) is 28.6 Å². The Morgan fingerprint density at radius 3 is 2.20 bits per heavy atom. The number of esters is 2. The second kappa shape index (κ2) is 13.2. The van der Waals surface area contributed by atoms with Gasteiger partial charge in [-0.05, 0) is 12.0 Å². The SMILES string of the molecule is CC(=O)N[C@H]1[C@H]([C@@H](O)[C@H](O)CO)OC(C(=O)OC(OC(=O)[C@@H](N)C(C)C)C(C)C)=C[C@@H]1NC(=N)N. The van der Waals surface area contributed by atoms with Gasteiger partial charge >= 0.3 is 11.9 Å². The van der Waals surface area contributed by atoms with E-state index in [0.717, 1.165) is 6.08 Å². The van der Waals surface area contributed by atoms with Gasteiger partial charge in [-0.15, -0.1) is 0 Å². The van der Waals surface area contributed by atoms with Crippen molar-refractivity contribution in [3.63, 3.8) is 0 Å². The highest BCUT2D eigenvalue weighted by molar-refractivity contribution is 5.87. The second-order valence-corrected chi connectivity index (χ2v) is 8.89. The first-order chi connectivity index (χ1) is 16.2. The Bertz CT molecular complexity index is 804. The lowest BCUT2D eigenvalue weighted by Gasteiger charge is -2.40. The molecule has 200 valence electrons. The van der Waals surface area contributed by atoms with E-state index in [9.17, 15) is 29.7 Å². The average Bonchev–Trinajstić information content (AvgIpc) is 2.76. The summed E-state index contributed by atoms with van der Waals surface area (Å²) in [5.41, 5.74) is 11.2. The van der Waals surface area contributed by atoms with Crippen molar-refractivity contribution >= 4 is 23.8 Å². The number of nitrogens with two attached hydrogens (primary N) is 2. The molecule has 0 radical (unpaired) electrons. The van der Waals surface area contributed by atoms with E-state index in [1.807, 2.05) is 0 Å². The largest absolute Gasteiger partial charge is 0.478 e. The van der Waals surface area contributed by atoms with Crippen molar-refractivity contribution in [2.24, 2.45) is 23.3 Å². The van der Waals surface area contributed by atoms with Crippen molar-refractivity contribution in [3.8, 4) is 0 Å². The average molecular weight is 504 g/mol. The maximum atomic E-state index is 12.9. The smallest absolute Gasteiger partial charge is 0.376 e. The zero-order chi connectivity index (χ0) is 27.0. The predicted molar refractivity (Wildman–Crippen MR) is 122 cm³/mol. The number of amides is 1. The molecule has 0 aromatic heterocycles. The monoisotopic (exact) mass is 503 g/mol. The molecule has 0 aromatic rings. The number of rotatable bonds is 11. The number of hydrogen-bond donors (Lipinski definition) is 8. The van der Waals surface area contributed by atoms with Gasteiger partial charge in [-0.2, -0.15) is 0 Å². The van der Waals surface area contributed by atoms with Crippen molar-refractivity contribution in [1.29, 1.82) is 5.41 Å². The summed E-state index contributed by atoms with van der Waals surface area (Å²) >= 11 is 0. The lowest BCUT2D eigenvalue weighted by molar-refractivity contribution is -0.198. The van der Waals surface area contributed by atoms with Crippen LogP contribution in [0.25, 0.3) is 0 Å². The normalized spacial score (nSPS) is 23.3. The number of aliphatic hydroxyl groups excluding tert-OH is 3. The molecular weight excluding hydrogens is 466 g/mol. The number of nitrogens with one attached hydrogen (secondary N) is 3. The highest BCUT2D eigenvalue weighted by Gasteiger charge is 2.44. The van der Waals surface area contributed by atoms with Gasteiger partial charge in [0, 0.05) is 12.8 Å². The first-order valence-corrected chi connectivity index (χ1v) is 11.1. The summed E-state index contributed by atoms with van der Waals surface area (Å²) in [7, 11) is 0. The van der Waals surface area contributed by atoms with Gasteiger partial charge in [0.2, 0.25) is 18.0 Å². The molecule has 0 aliphatic carbocycles. The standard InChI is InChI=1S/C21H37N5O9/c1-8(2)14(22)19(32)35-20(9(3)4)34-18(31)13-6-11(26-21(23)24)15(25-10(5)28)17(33-13)16(30)12(29)7-27/h6,8-9,11-12,14-17,20,27,29-30H,7,22H2,1-5H3,(H,25,28)(H4,23,24,26)/t11-,12+,14-,15+,16-,17+,20?/m0/s1. The zero-order valence-electron chi connectivity index (χ0n) is 20.4. The molecule has 0 saturated heterocycles. The summed E-state index contributed by atoms with van der Waals surface area (Å²) < 4.78 is 16.1. The van der Waals surface area contributed by atoms with Crippen LogP contribution >= 0.6 is 0 Å². The Labute approximate surface area is 203 Å². The molecule has 1 aliphatic heterocycles. The Morgan fingerprint density at radius 2 is 1.74 bits per heavy atom. The molecule has 14 heteroatoms. The van der Waals surface area contributed by atoms with Crippen LogP contribution in [0.4, 0.5) is 0 Å². The van der Waals surface area contributed by atoms with E-state index < -0.39 is 84.8 Å². The molecule has 1 aliphatic rings. The summed E-state index contributed by atoms with van der Waals surface area (Å²) in [6, 6.07) is -3.12. The first-order valence-electron chi connectivity index (χ1n) is 11.1. The Hall–Kier alpha value is -2.94. The maximum absolute atomic E-state index is 12.9. The van der Waals surface area contributed by atoms with E-state index in [1.165, 1.54) is 6.92 Å². The van der Waals surface area contributed by atoms with E-state index in [1.54, 1.807) is 27.7 Å². The molecule has 1 unspecified atom stereocenters. The Kier molecular flexibility index (Phi) is 11.4. The van der Waals surface area contributed by atoms with Gasteiger partial charge in [-0.1, -0.05) is 27.7 Å². The Morgan fingerprint density at radius 1 is 1.14 bits per heavy atom. The fourth-order valence-electron chi connectivity index (χ4n) is 3.10. The van der Waals surface area contributed by atoms with Crippen LogP contribution in [-0.4, -0.2) is 88.5 Å². The summed E-state index contributed by atoms with van der Waals surface area (Å²) in [5, 5.41) is 42.3. The fourth-order valence-corrected chi connectivity index (χ4v) is 3.10. The van der Waals surface area contributed by atoms with Crippen molar-refractivity contribution in [3.05, 3.63) is 11.8 Å². The van der Waals surface area contributed by atoms with Crippen molar-refractivity contribution < 1.29 is 43.9 Å². The number of guanidine groups is 1. The van der Waals surface area contributed by atoms with Crippen LogP contribution in [0.3, 0.4) is 0 Å². The second-order valence-electron chi connectivity index (χ2n) is 8.89. The minimum absolute atomic E-state index is 0.222. The number of hydrogen-bond acceptors (Lipinski definition) is 11. The van der Waals surface area contributed by atoms with E-state index in [4.69, 9.17) is 31.1 Å². The molecule has 0 bridgehead atoms. The van der Waals surface area contributed by atoms with E-state index in [2.05, 4.69) is 10.6 Å². The van der Waals surface area contributed by atoms with Crippen LogP contribution in [0, 0.1) is 17.2 Å². The Balaban J connectivity index is 3.27. The van der Waals surface area contributed by atoms with Gasteiger partial charge in [0.1, 0.15) is 24.4 Å². The molecule has 1 heterocycles. The zero-order valence-corrected chi connectivity index (χ0v) is 20.4. The summed E-state index contributed by atoms with van der Waals surface area (Å²) in [4.78, 5) is 37.0. The molecule has 0 spiro atoms. The molecule has 14 nitrogen and oxygen atoms in total. The fraction of sp³-hybridized carbons (Fsp3) is 0.714. The van der Waals surface area contributed by atoms with Crippen molar-refractivity contribution in [1.82, 2.24) is 10.6 Å². The quantitative estimate of drug-likeness (QED) is 0.0626. The third-order valence-electron chi connectivity index (χ3n) is 5.14. The van der Waals surface area contributed by atoms with Crippen LogP contribution < -0.4 is 22.1 Å². The van der Waals surface area contributed by atoms with Crippen LogP contribution in [0.15, 0.2) is 11.8 Å². The molecular formula is C21H37N5O9. The van der Waals surface area contributed by atoms with Gasteiger partial charge in [0.05, 0.1) is 18.7 Å². The lowest BCUT2D eigenvalue weighted by atomic mass is 9.92. The summed E-state index contributed by atoms with van der Waals surface area (Å²) in [5.74, 6) is -4.11. The van der Waals surface area contributed by atoms with Gasteiger partial charge in [-0.3, -0.25) is 15.0 Å². The highest BCUT2D eigenvalue weighted by Crippen LogP contribution is 2.25. The minimum Gasteiger partial charge on any atom is -0.478 e. The van der Waals surface area contributed by atoms with E-state index >= 15 is 0 Å². The topological polar surface area (TPSA) is 240 Å². The molecule has 35 heavy (non-hydrogen) atoms. The third-order valence-corrected chi connectivity index (χ3v) is 5.14. The highest BCUT2D eigenvalue weighted by atomic mass is 16.7. The molecule has 0 aromatic carbocycles.